The van der Waals surface area contributed by atoms with Crippen molar-refractivity contribution in [3.05, 3.63) is 36.5 Å². The van der Waals surface area contributed by atoms with Crippen LogP contribution in [0, 0.1) is 0 Å². The summed E-state index contributed by atoms with van der Waals surface area (Å²) in [6, 6.07) is -0.813. The molecule has 0 saturated heterocycles. The normalized spacial score (nSPS) is 14.9. The summed E-state index contributed by atoms with van der Waals surface area (Å²) in [6.45, 7) is 4.03. The van der Waals surface area contributed by atoms with Gasteiger partial charge in [0.1, 0.15) is 6.10 Å². The fourth-order valence-corrected chi connectivity index (χ4v) is 3.67. The van der Waals surface area contributed by atoms with E-state index in [9.17, 15) is 20.1 Å². The Bertz CT molecular complexity index is 544. The first-order valence-electron chi connectivity index (χ1n) is 13.8. The van der Waals surface area contributed by atoms with Crippen molar-refractivity contribution >= 4 is 5.91 Å². The lowest BCUT2D eigenvalue weighted by Crippen LogP contribution is -2.48. The molecule has 0 rings (SSSR count). The van der Waals surface area contributed by atoms with Crippen LogP contribution in [0.2, 0.25) is 0 Å². The minimum Gasteiger partial charge on any atom is -0.394 e. The van der Waals surface area contributed by atoms with Gasteiger partial charge in [-0.2, -0.15) is 0 Å². The number of unbranched alkanes of at least 4 members (excludes halogenated alkanes) is 11. The maximum atomic E-state index is 12.2. The second kappa shape index (κ2) is 24.7. The monoisotopic (exact) mass is 479 g/mol. The number of aliphatic hydroxyl groups is 3. The molecular weight excluding hydrogens is 426 g/mol. The van der Waals surface area contributed by atoms with Crippen molar-refractivity contribution in [1.82, 2.24) is 5.32 Å². The smallest absolute Gasteiger partial charge is 0.249 e. The van der Waals surface area contributed by atoms with Crippen LogP contribution in [0.5, 0.6) is 0 Å². The highest BCUT2D eigenvalue weighted by Crippen LogP contribution is 2.11. The molecule has 0 aliphatic rings. The van der Waals surface area contributed by atoms with Gasteiger partial charge in [0.2, 0.25) is 5.91 Å². The zero-order valence-corrected chi connectivity index (χ0v) is 22.0. The number of nitrogens with one attached hydrogen (secondary N) is 1. The van der Waals surface area contributed by atoms with E-state index in [4.69, 9.17) is 0 Å². The molecule has 0 aliphatic carbocycles. The minimum atomic E-state index is -1.10. The number of carbonyl (C=O) groups is 1. The van der Waals surface area contributed by atoms with E-state index in [1.807, 2.05) is 6.08 Å². The molecule has 0 aromatic heterocycles. The van der Waals surface area contributed by atoms with Gasteiger partial charge >= 0.3 is 0 Å². The van der Waals surface area contributed by atoms with Gasteiger partial charge in [0, 0.05) is 0 Å². The van der Waals surface area contributed by atoms with Crippen LogP contribution in [0.4, 0.5) is 0 Å². The van der Waals surface area contributed by atoms with E-state index < -0.39 is 24.2 Å². The van der Waals surface area contributed by atoms with Crippen molar-refractivity contribution in [2.75, 3.05) is 6.61 Å². The van der Waals surface area contributed by atoms with Crippen LogP contribution in [-0.2, 0) is 4.79 Å². The molecule has 3 atom stereocenters. The summed E-state index contributed by atoms with van der Waals surface area (Å²) < 4.78 is 0. The molecule has 4 N–H and O–H groups in total. The highest BCUT2D eigenvalue weighted by atomic mass is 16.3. The predicted molar refractivity (Wildman–Crippen MR) is 144 cm³/mol. The Hall–Kier alpha value is -1.43. The van der Waals surface area contributed by atoms with E-state index in [0.29, 0.717) is 6.42 Å². The Morgan fingerprint density at radius 1 is 0.706 bits per heavy atom. The van der Waals surface area contributed by atoms with Crippen LogP contribution in [0.3, 0.4) is 0 Å². The number of allylic oxidation sites excluding steroid dienone is 5. The first-order valence-corrected chi connectivity index (χ1v) is 13.8. The maximum Gasteiger partial charge on any atom is 0.249 e. The minimum absolute atomic E-state index is 0.382. The third kappa shape index (κ3) is 20.0. The average Bonchev–Trinajstić information content (AvgIpc) is 2.84. The second-order valence-corrected chi connectivity index (χ2v) is 9.24. The van der Waals surface area contributed by atoms with E-state index in [0.717, 1.165) is 44.9 Å². The van der Waals surface area contributed by atoms with Crippen LogP contribution in [-0.4, -0.2) is 46.1 Å². The fraction of sp³-hybridized carbons (Fsp3) is 0.759. The SMILES string of the molecule is CCCC/C=C/CC/C=C/CC/C=C/C(O)C(CO)NC(=O)C(O)CCCCCCCCCC. The molecule has 0 radical (unpaired) electrons. The molecule has 198 valence electrons. The highest BCUT2D eigenvalue weighted by Gasteiger charge is 2.22. The third-order valence-electron chi connectivity index (χ3n) is 5.96. The topological polar surface area (TPSA) is 89.8 Å². The summed E-state index contributed by atoms with van der Waals surface area (Å²) in [6.07, 6.45) is 27.3. The standard InChI is InChI=1S/C29H53NO4/c1-3-5-7-9-11-13-14-15-16-18-19-21-23-27(32)26(25-31)30-29(34)28(33)24-22-20-17-12-10-8-6-4-2/h9,11,15-16,21,23,26-28,31-33H,3-8,10,12-14,17-20,22,24-25H2,1-2H3,(H,30,34)/b11-9+,16-15+,23-21+. The largest absolute Gasteiger partial charge is 0.394 e. The summed E-state index contributed by atoms with van der Waals surface area (Å²) in [5.41, 5.74) is 0. The molecular formula is C29H53NO4. The maximum absolute atomic E-state index is 12.2. The Balaban J connectivity index is 3.99. The predicted octanol–water partition coefficient (Wildman–Crippen LogP) is 6.14. The summed E-state index contributed by atoms with van der Waals surface area (Å²) >= 11 is 0. The van der Waals surface area contributed by atoms with Crippen molar-refractivity contribution in [2.45, 2.75) is 135 Å². The van der Waals surface area contributed by atoms with Crippen molar-refractivity contribution in [2.24, 2.45) is 0 Å². The van der Waals surface area contributed by atoms with E-state index in [2.05, 4.69) is 43.5 Å². The quantitative estimate of drug-likeness (QED) is 0.105. The number of rotatable bonds is 23. The van der Waals surface area contributed by atoms with Crippen molar-refractivity contribution in [3.63, 3.8) is 0 Å². The number of carbonyl (C=O) groups excluding carboxylic acids is 1. The van der Waals surface area contributed by atoms with Crippen LogP contribution < -0.4 is 5.32 Å². The first-order chi connectivity index (χ1) is 16.6. The van der Waals surface area contributed by atoms with E-state index in [1.54, 1.807) is 6.08 Å². The number of aliphatic hydroxyl groups excluding tert-OH is 3. The Morgan fingerprint density at radius 3 is 1.76 bits per heavy atom. The molecule has 5 nitrogen and oxygen atoms in total. The number of hydrogen-bond acceptors (Lipinski definition) is 4. The summed E-state index contributed by atoms with van der Waals surface area (Å²) in [7, 11) is 0. The summed E-state index contributed by atoms with van der Waals surface area (Å²) in [4.78, 5) is 12.2. The van der Waals surface area contributed by atoms with Gasteiger partial charge in [-0.25, -0.2) is 0 Å². The number of hydrogen-bond donors (Lipinski definition) is 4. The third-order valence-corrected chi connectivity index (χ3v) is 5.96. The van der Waals surface area contributed by atoms with Crippen LogP contribution in [0.15, 0.2) is 36.5 Å². The van der Waals surface area contributed by atoms with Gasteiger partial charge in [-0.05, 0) is 38.5 Å². The number of amides is 1. The first kappa shape index (κ1) is 32.6. The lowest BCUT2D eigenvalue weighted by molar-refractivity contribution is -0.131. The zero-order valence-electron chi connectivity index (χ0n) is 22.0. The zero-order chi connectivity index (χ0) is 25.3. The van der Waals surface area contributed by atoms with Crippen molar-refractivity contribution in [1.29, 1.82) is 0 Å². The van der Waals surface area contributed by atoms with Crippen molar-refractivity contribution < 1.29 is 20.1 Å². The molecule has 1 amide bonds. The Labute approximate surface area is 209 Å². The van der Waals surface area contributed by atoms with Crippen LogP contribution in [0.1, 0.15) is 117 Å². The van der Waals surface area contributed by atoms with Crippen LogP contribution in [0.25, 0.3) is 0 Å². The van der Waals surface area contributed by atoms with Crippen molar-refractivity contribution in [3.8, 4) is 0 Å². The molecule has 0 spiro atoms. The van der Waals surface area contributed by atoms with Gasteiger partial charge in [-0.1, -0.05) is 115 Å². The van der Waals surface area contributed by atoms with E-state index >= 15 is 0 Å². The Morgan fingerprint density at radius 2 is 1.21 bits per heavy atom. The van der Waals surface area contributed by atoms with E-state index in [1.165, 1.54) is 51.4 Å². The van der Waals surface area contributed by atoms with Gasteiger partial charge in [-0.3, -0.25) is 4.79 Å². The molecule has 0 bridgehead atoms. The lowest BCUT2D eigenvalue weighted by Gasteiger charge is -2.21. The molecule has 0 aromatic rings. The van der Waals surface area contributed by atoms with Gasteiger partial charge in [0.25, 0.3) is 0 Å². The Kier molecular flexibility index (Phi) is 23.6. The second-order valence-electron chi connectivity index (χ2n) is 9.24. The average molecular weight is 480 g/mol. The highest BCUT2D eigenvalue weighted by molar-refractivity contribution is 5.80. The van der Waals surface area contributed by atoms with Gasteiger partial charge in [0.05, 0.1) is 18.8 Å². The molecule has 0 aliphatic heterocycles. The summed E-state index contributed by atoms with van der Waals surface area (Å²) in [5, 5.41) is 32.5. The molecule has 0 saturated carbocycles. The molecule has 5 heteroatoms. The molecule has 0 fully saturated rings. The van der Waals surface area contributed by atoms with Gasteiger partial charge in [-0.15, -0.1) is 0 Å². The molecule has 34 heavy (non-hydrogen) atoms. The van der Waals surface area contributed by atoms with Gasteiger partial charge in [0.15, 0.2) is 0 Å². The fourth-order valence-electron chi connectivity index (χ4n) is 3.67. The van der Waals surface area contributed by atoms with Gasteiger partial charge < -0.3 is 20.6 Å². The van der Waals surface area contributed by atoms with E-state index in [-0.39, 0.29) is 6.61 Å². The molecule has 0 aromatic carbocycles. The van der Waals surface area contributed by atoms with Crippen LogP contribution >= 0.6 is 0 Å². The lowest BCUT2D eigenvalue weighted by atomic mass is 10.0. The molecule has 0 heterocycles. The summed E-state index contributed by atoms with van der Waals surface area (Å²) in [5.74, 6) is -0.527. The molecule has 3 unspecified atom stereocenters.